The Morgan fingerprint density at radius 2 is 1.79 bits per heavy atom. The summed E-state index contributed by atoms with van der Waals surface area (Å²) in [5.74, 6) is -0.829. The van der Waals surface area contributed by atoms with E-state index in [-0.39, 0.29) is 18.9 Å². The molecule has 0 aromatic rings. The van der Waals surface area contributed by atoms with Crippen LogP contribution in [0.15, 0.2) is 25.3 Å². The maximum Gasteiger partial charge on any atom is 0.304 e. The van der Waals surface area contributed by atoms with Gasteiger partial charge in [-0.15, -0.1) is 13.2 Å². The summed E-state index contributed by atoms with van der Waals surface area (Å²) in [5, 5.41) is 8.73. The molecule has 1 saturated carbocycles. The molecule has 1 aliphatic rings. The third-order valence-electron chi connectivity index (χ3n) is 3.07. The molecule has 1 rings (SSSR count). The van der Waals surface area contributed by atoms with Crippen molar-refractivity contribution in [1.82, 2.24) is 9.80 Å². The zero-order valence-electron chi connectivity index (χ0n) is 11.3. The summed E-state index contributed by atoms with van der Waals surface area (Å²) in [7, 11) is 0. The second-order valence-corrected chi connectivity index (χ2v) is 4.72. The van der Waals surface area contributed by atoms with Crippen LogP contribution in [-0.2, 0) is 9.59 Å². The average Bonchev–Trinajstić information content (AvgIpc) is 3.18. The molecule has 5 nitrogen and oxygen atoms in total. The first-order valence-electron chi connectivity index (χ1n) is 6.54. The summed E-state index contributed by atoms with van der Waals surface area (Å²) in [6.07, 6.45) is 5.54. The van der Waals surface area contributed by atoms with Gasteiger partial charge in [0.15, 0.2) is 0 Å². The third kappa shape index (κ3) is 5.70. The molecule has 0 heterocycles. The maximum atomic E-state index is 12.2. The van der Waals surface area contributed by atoms with Gasteiger partial charge in [0.25, 0.3) is 0 Å². The lowest BCUT2D eigenvalue weighted by Gasteiger charge is -2.25. The Hall–Kier alpha value is -1.62. The van der Waals surface area contributed by atoms with Crippen molar-refractivity contribution in [3.63, 3.8) is 0 Å². The molecule has 0 aromatic heterocycles. The Morgan fingerprint density at radius 1 is 1.21 bits per heavy atom. The first kappa shape index (κ1) is 15.4. The number of hydrogen-bond donors (Lipinski definition) is 1. The molecule has 1 aliphatic carbocycles. The topological polar surface area (TPSA) is 60.9 Å². The first-order valence-corrected chi connectivity index (χ1v) is 6.54. The van der Waals surface area contributed by atoms with E-state index in [2.05, 4.69) is 13.2 Å². The van der Waals surface area contributed by atoms with Crippen LogP contribution in [0, 0.1) is 0 Å². The molecule has 0 saturated heterocycles. The molecule has 5 heteroatoms. The van der Waals surface area contributed by atoms with E-state index in [9.17, 15) is 9.59 Å². The van der Waals surface area contributed by atoms with E-state index in [1.165, 1.54) is 0 Å². The number of carbonyl (C=O) groups is 2. The minimum absolute atomic E-state index is 0.00270. The molecular formula is C14H22N2O3. The molecule has 0 radical (unpaired) electrons. The van der Waals surface area contributed by atoms with E-state index in [1.54, 1.807) is 17.1 Å². The number of aliphatic carboxylic acids is 1. The minimum atomic E-state index is -0.827. The van der Waals surface area contributed by atoms with E-state index in [0.29, 0.717) is 25.7 Å². The van der Waals surface area contributed by atoms with Gasteiger partial charge in [-0.25, -0.2) is 0 Å². The number of rotatable bonds is 10. The van der Waals surface area contributed by atoms with Crippen LogP contribution >= 0.6 is 0 Å². The predicted octanol–water partition coefficient (Wildman–Crippen LogP) is 1.13. The predicted molar refractivity (Wildman–Crippen MR) is 73.8 cm³/mol. The maximum absolute atomic E-state index is 12.2. The molecule has 0 atom stereocenters. The van der Waals surface area contributed by atoms with Gasteiger partial charge in [0.05, 0.1) is 13.0 Å². The molecule has 0 aromatic carbocycles. The number of nitrogens with zero attached hydrogens (tertiary/aromatic N) is 2. The molecule has 0 unspecified atom stereocenters. The van der Waals surface area contributed by atoms with Crippen molar-refractivity contribution >= 4 is 11.9 Å². The van der Waals surface area contributed by atoms with Crippen LogP contribution < -0.4 is 0 Å². The van der Waals surface area contributed by atoms with E-state index in [4.69, 9.17) is 5.11 Å². The normalized spacial score (nSPS) is 14.2. The third-order valence-corrected chi connectivity index (χ3v) is 3.07. The van der Waals surface area contributed by atoms with E-state index in [1.807, 2.05) is 4.90 Å². The van der Waals surface area contributed by atoms with Gasteiger partial charge in [-0.1, -0.05) is 12.2 Å². The van der Waals surface area contributed by atoms with Gasteiger partial charge in [0.2, 0.25) is 5.91 Å². The van der Waals surface area contributed by atoms with Crippen molar-refractivity contribution in [3.05, 3.63) is 25.3 Å². The average molecular weight is 266 g/mol. The van der Waals surface area contributed by atoms with Gasteiger partial charge in [0.1, 0.15) is 0 Å². The highest BCUT2D eigenvalue weighted by Gasteiger charge is 2.31. The summed E-state index contributed by atoms with van der Waals surface area (Å²) in [6.45, 7) is 8.95. The van der Waals surface area contributed by atoms with Crippen LogP contribution in [0.1, 0.15) is 19.3 Å². The Balaban J connectivity index is 2.50. The Kier molecular flexibility index (Phi) is 6.29. The molecule has 1 amide bonds. The summed E-state index contributed by atoms with van der Waals surface area (Å²) in [4.78, 5) is 26.4. The van der Waals surface area contributed by atoms with Gasteiger partial charge in [-0.3, -0.25) is 14.5 Å². The fraction of sp³-hybridized carbons (Fsp3) is 0.571. The van der Waals surface area contributed by atoms with Gasteiger partial charge in [-0.2, -0.15) is 0 Å². The van der Waals surface area contributed by atoms with Crippen molar-refractivity contribution in [2.24, 2.45) is 0 Å². The highest BCUT2D eigenvalue weighted by molar-refractivity contribution is 5.78. The molecule has 0 spiro atoms. The molecule has 106 valence electrons. The number of carbonyl (C=O) groups excluding carboxylic acids is 1. The summed E-state index contributed by atoms with van der Waals surface area (Å²) in [6, 6.07) is 0.373. The van der Waals surface area contributed by atoms with Gasteiger partial charge in [-0.05, 0) is 12.8 Å². The van der Waals surface area contributed by atoms with Crippen molar-refractivity contribution in [2.75, 3.05) is 26.2 Å². The number of hydrogen-bond acceptors (Lipinski definition) is 3. The molecule has 1 N–H and O–H groups in total. The van der Waals surface area contributed by atoms with Crippen LogP contribution in [0.25, 0.3) is 0 Å². The van der Waals surface area contributed by atoms with E-state index in [0.717, 1.165) is 12.8 Å². The fourth-order valence-corrected chi connectivity index (χ4v) is 1.93. The fourth-order valence-electron chi connectivity index (χ4n) is 1.93. The Morgan fingerprint density at radius 3 is 2.21 bits per heavy atom. The second-order valence-electron chi connectivity index (χ2n) is 4.72. The van der Waals surface area contributed by atoms with Gasteiger partial charge < -0.3 is 10.0 Å². The number of amides is 1. The quantitative estimate of drug-likeness (QED) is 0.602. The summed E-state index contributed by atoms with van der Waals surface area (Å²) < 4.78 is 0. The van der Waals surface area contributed by atoms with Crippen LogP contribution in [0.2, 0.25) is 0 Å². The second kappa shape index (κ2) is 7.74. The van der Waals surface area contributed by atoms with E-state index >= 15 is 0 Å². The molecule has 1 fully saturated rings. The van der Waals surface area contributed by atoms with Crippen molar-refractivity contribution in [1.29, 1.82) is 0 Å². The smallest absolute Gasteiger partial charge is 0.304 e. The Labute approximate surface area is 114 Å². The Bertz CT molecular complexity index is 341. The summed E-state index contributed by atoms with van der Waals surface area (Å²) >= 11 is 0. The molecule has 0 aliphatic heterocycles. The van der Waals surface area contributed by atoms with Crippen LogP contribution in [0.5, 0.6) is 0 Å². The summed E-state index contributed by atoms with van der Waals surface area (Å²) in [5.41, 5.74) is 0. The van der Waals surface area contributed by atoms with Crippen molar-refractivity contribution in [3.8, 4) is 0 Å². The minimum Gasteiger partial charge on any atom is -0.481 e. The zero-order chi connectivity index (χ0) is 14.3. The van der Waals surface area contributed by atoms with Crippen LogP contribution in [-0.4, -0.2) is 59.0 Å². The lowest BCUT2D eigenvalue weighted by Crippen LogP contribution is -2.42. The van der Waals surface area contributed by atoms with Crippen LogP contribution in [0.4, 0.5) is 0 Å². The molecular weight excluding hydrogens is 244 g/mol. The van der Waals surface area contributed by atoms with Crippen molar-refractivity contribution in [2.45, 2.75) is 25.3 Å². The number of carboxylic acid groups (broad SMARTS) is 1. The lowest BCUT2D eigenvalue weighted by molar-refractivity contribution is -0.138. The van der Waals surface area contributed by atoms with Gasteiger partial charge in [0, 0.05) is 25.7 Å². The van der Waals surface area contributed by atoms with Crippen molar-refractivity contribution < 1.29 is 14.7 Å². The SMILES string of the molecule is C=CCN(CC=C)C(=O)CN(CCC(=O)O)C1CC1. The largest absolute Gasteiger partial charge is 0.481 e. The van der Waals surface area contributed by atoms with Gasteiger partial charge >= 0.3 is 5.97 Å². The highest BCUT2D eigenvalue weighted by Crippen LogP contribution is 2.26. The first-order chi connectivity index (χ1) is 9.08. The lowest BCUT2D eigenvalue weighted by atomic mass is 10.3. The molecule has 19 heavy (non-hydrogen) atoms. The highest BCUT2D eigenvalue weighted by atomic mass is 16.4. The zero-order valence-corrected chi connectivity index (χ0v) is 11.3. The monoisotopic (exact) mass is 266 g/mol. The van der Waals surface area contributed by atoms with E-state index < -0.39 is 5.97 Å². The number of carboxylic acids is 1. The standard InChI is InChI=1S/C14H22N2O3/c1-3-8-15(9-4-2)13(17)11-16(12-5-6-12)10-7-14(18)19/h3-4,12H,1-2,5-11H2,(H,18,19). The molecule has 0 bridgehead atoms. The van der Waals surface area contributed by atoms with Crippen LogP contribution in [0.3, 0.4) is 0 Å².